The van der Waals surface area contributed by atoms with Gasteiger partial charge in [-0.15, -0.1) is 0 Å². The lowest BCUT2D eigenvalue weighted by Crippen LogP contribution is -2.30. The Kier molecular flexibility index (Phi) is 5.03. The normalized spacial score (nSPS) is 11.7. The van der Waals surface area contributed by atoms with Gasteiger partial charge in [-0.1, -0.05) is 35.5 Å². The molecule has 0 aliphatic carbocycles. The Labute approximate surface area is 169 Å². The number of alkyl halides is 3. The zero-order valence-corrected chi connectivity index (χ0v) is 15.9. The molecule has 2 aromatic carbocycles. The Morgan fingerprint density at radius 2 is 1.87 bits per heavy atom. The van der Waals surface area contributed by atoms with Gasteiger partial charge in [-0.05, 0) is 24.3 Å². The number of aromatic amines is 1. The Balaban J connectivity index is 1.45. The first-order chi connectivity index (χ1) is 14.3. The summed E-state index contributed by atoms with van der Waals surface area (Å²) < 4.78 is 44.8. The van der Waals surface area contributed by atoms with Crippen LogP contribution in [0.5, 0.6) is 0 Å². The summed E-state index contributed by atoms with van der Waals surface area (Å²) in [6.45, 7) is 0.136. The molecule has 0 unspecified atom stereocenters. The number of likely N-dealkylation sites (N-methyl/N-ethyl adjacent to an activating group) is 1. The maximum atomic E-state index is 13.2. The summed E-state index contributed by atoms with van der Waals surface area (Å²) in [5.74, 6) is -0.0627. The number of carbonyl (C=O) groups is 1. The molecule has 9 heteroatoms. The standard InChI is InChI=1S/C21H17F3N4O2/c1-28(20(29)14-7-3-4-8-15(14)21(22,23)24)11-10-18-26-19(30-27-18)17-12-13-6-2-5-9-16(13)25-17/h2-9,12,25H,10-11H2,1H3. The van der Waals surface area contributed by atoms with E-state index in [9.17, 15) is 18.0 Å². The Bertz CT molecular complexity index is 1160. The molecule has 4 aromatic rings. The Morgan fingerprint density at radius 1 is 1.13 bits per heavy atom. The maximum Gasteiger partial charge on any atom is 0.417 e. The van der Waals surface area contributed by atoms with E-state index in [1.165, 1.54) is 30.1 Å². The number of fused-ring (bicyclic) bond motifs is 1. The average molecular weight is 414 g/mol. The molecule has 0 aliphatic heterocycles. The number of para-hydroxylation sites is 1. The molecule has 1 amide bonds. The van der Waals surface area contributed by atoms with Crippen molar-refractivity contribution in [2.24, 2.45) is 0 Å². The van der Waals surface area contributed by atoms with Crippen molar-refractivity contribution in [3.05, 3.63) is 71.5 Å². The summed E-state index contributed by atoms with van der Waals surface area (Å²) >= 11 is 0. The monoisotopic (exact) mass is 414 g/mol. The van der Waals surface area contributed by atoms with Gasteiger partial charge in [-0.3, -0.25) is 4.79 Å². The van der Waals surface area contributed by atoms with Gasteiger partial charge in [0.2, 0.25) is 0 Å². The minimum atomic E-state index is -4.60. The summed E-state index contributed by atoms with van der Waals surface area (Å²) in [7, 11) is 1.44. The number of amides is 1. The van der Waals surface area contributed by atoms with Crippen LogP contribution in [0.15, 0.2) is 59.1 Å². The molecule has 0 aliphatic rings. The summed E-state index contributed by atoms with van der Waals surface area (Å²) in [6, 6.07) is 14.3. The number of carbonyl (C=O) groups excluding carboxylic acids is 1. The minimum absolute atomic E-state index is 0.136. The second-order valence-corrected chi connectivity index (χ2v) is 6.81. The fourth-order valence-electron chi connectivity index (χ4n) is 3.15. The van der Waals surface area contributed by atoms with Crippen LogP contribution in [0.1, 0.15) is 21.7 Å². The number of aromatic nitrogens is 3. The molecule has 2 aromatic heterocycles. The van der Waals surface area contributed by atoms with Crippen LogP contribution in [-0.4, -0.2) is 39.5 Å². The smallest absolute Gasteiger partial charge is 0.351 e. The first kappa shape index (κ1) is 19.7. The quantitative estimate of drug-likeness (QED) is 0.520. The van der Waals surface area contributed by atoms with Gasteiger partial charge < -0.3 is 14.4 Å². The lowest BCUT2D eigenvalue weighted by atomic mass is 10.1. The molecule has 6 nitrogen and oxygen atoms in total. The lowest BCUT2D eigenvalue weighted by molar-refractivity contribution is -0.138. The van der Waals surface area contributed by atoms with Crippen molar-refractivity contribution in [3.8, 4) is 11.6 Å². The van der Waals surface area contributed by atoms with Gasteiger partial charge in [-0.25, -0.2) is 0 Å². The molecule has 2 heterocycles. The third-order valence-corrected chi connectivity index (χ3v) is 4.71. The summed E-state index contributed by atoms with van der Waals surface area (Å²) in [5, 5.41) is 4.90. The number of nitrogens with zero attached hydrogens (tertiary/aromatic N) is 3. The molecular weight excluding hydrogens is 397 g/mol. The van der Waals surface area contributed by atoms with E-state index in [1.54, 1.807) is 0 Å². The highest BCUT2D eigenvalue weighted by Crippen LogP contribution is 2.32. The van der Waals surface area contributed by atoms with Crippen molar-refractivity contribution < 1.29 is 22.5 Å². The third-order valence-electron chi connectivity index (χ3n) is 4.71. The molecule has 0 bridgehead atoms. The summed E-state index contributed by atoms with van der Waals surface area (Å²) in [4.78, 5) is 21.2. The van der Waals surface area contributed by atoms with Crippen molar-refractivity contribution in [2.75, 3.05) is 13.6 Å². The molecule has 0 saturated heterocycles. The number of hydrogen-bond acceptors (Lipinski definition) is 4. The molecular formula is C21H17F3N4O2. The first-order valence-corrected chi connectivity index (χ1v) is 9.15. The Hall–Kier alpha value is -3.62. The number of nitrogens with one attached hydrogen (secondary N) is 1. The van der Waals surface area contributed by atoms with Crippen LogP contribution in [-0.2, 0) is 12.6 Å². The lowest BCUT2D eigenvalue weighted by Gasteiger charge is -2.19. The van der Waals surface area contributed by atoms with Crippen molar-refractivity contribution in [1.82, 2.24) is 20.0 Å². The molecule has 0 radical (unpaired) electrons. The van der Waals surface area contributed by atoms with E-state index in [1.807, 2.05) is 30.3 Å². The van der Waals surface area contributed by atoms with E-state index >= 15 is 0 Å². The number of hydrogen-bond donors (Lipinski definition) is 1. The van der Waals surface area contributed by atoms with Gasteiger partial charge in [0.25, 0.3) is 11.8 Å². The molecule has 4 rings (SSSR count). The van der Waals surface area contributed by atoms with Crippen LogP contribution in [0.2, 0.25) is 0 Å². The van der Waals surface area contributed by atoms with Crippen molar-refractivity contribution in [3.63, 3.8) is 0 Å². The highest BCUT2D eigenvalue weighted by molar-refractivity contribution is 5.95. The van der Waals surface area contributed by atoms with Gasteiger partial charge in [0.15, 0.2) is 5.82 Å². The highest BCUT2D eigenvalue weighted by Gasteiger charge is 2.35. The van der Waals surface area contributed by atoms with E-state index in [2.05, 4.69) is 15.1 Å². The van der Waals surface area contributed by atoms with E-state index in [0.717, 1.165) is 17.0 Å². The maximum absolute atomic E-state index is 13.2. The zero-order chi connectivity index (χ0) is 21.3. The largest absolute Gasteiger partial charge is 0.417 e. The van der Waals surface area contributed by atoms with Gasteiger partial charge in [0.05, 0.1) is 11.1 Å². The SMILES string of the molecule is CN(CCc1noc(-c2cc3ccccc3[nH]2)n1)C(=O)c1ccccc1C(F)(F)F. The zero-order valence-electron chi connectivity index (χ0n) is 15.9. The van der Waals surface area contributed by atoms with Crippen LogP contribution in [0, 0.1) is 0 Å². The molecule has 154 valence electrons. The number of H-pyrrole nitrogens is 1. The first-order valence-electron chi connectivity index (χ1n) is 9.15. The van der Waals surface area contributed by atoms with Crippen molar-refractivity contribution in [1.29, 1.82) is 0 Å². The molecule has 30 heavy (non-hydrogen) atoms. The average Bonchev–Trinajstić information content (AvgIpc) is 3.37. The highest BCUT2D eigenvalue weighted by atomic mass is 19.4. The molecule has 0 spiro atoms. The summed E-state index contributed by atoms with van der Waals surface area (Å²) in [5.41, 5.74) is 0.251. The van der Waals surface area contributed by atoms with Crippen LogP contribution in [0.4, 0.5) is 13.2 Å². The topological polar surface area (TPSA) is 75.0 Å². The van der Waals surface area contributed by atoms with Gasteiger partial charge >= 0.3 is 6.18 Å². The summed E-state index contributed by atoms with van der Waals surface area (Å²) in [6.07, 6.45) is -4.37. The molecule has 1 N–H and O–H groups in total. The second kappa shape index (κ2) is 7.66. The Morgan fingerprint density at radius 3 is 2.63 bits per heavy atom. The second-order valence-electron chi connectivity index (χ2n) is 6.81. The van der Waals surface area contributed by atoms with E-state index < -0.39 is 17.6 Å². The van der Waals surface area contributed by atoms with Gasteiger partial charge in [0.1, 0.15) is 5.69 Å². The number of benzene rings is 2. The van der Waals surface area contributed by atoms with Crippen LogP contribution >= 0.6 is 0 Å². The number of halogens is 3. The number of rotatable bonds is 5. The predicted molar refractivity (Wildman–Crippen MR) is 104 cm³/mol. The van der Waals surface area contributed by atoms with Crippen LogP contribution < -0.4 is 0 Å². The van der Waals surface area contributed by atoms with Gasteiger partial charge in [0, 0.05) is 30.9 Å². The van der Waals surface area contributed by atoms with Crippen LogP contribution in [0.3, 0.4) is 0 Å². The van der Waals surface area contributed by atoms with Crippen molar-refractivity contribution in [2.45, 2.75) is 12.6 Å². The van der Waals surface area contributed by atoms with E-state index in [-0.39, 0.29) is 18.5 Å². The van der Waals surface area contributed by atoms with Crippen LogP contribution in [0.25, 0.3) is 22.5 Å². The van der Waals surface area contributed by atoms with Gasteiger partial charge in [-0.2, -0.15) is 18.2 Å². The third kappa shape index (κ3) is 3.91. The predicted octanol–water partition coefficient (Wildman–Crippen LogP) is 4.55. The minimum Gasteiger partial charge on any atom is -0.351 e. The molecule has 0 fully saturated rings. The molecule has 0 saturated carbocycles. The van der Waals surface area contributed by atoms with E-state index in [0.29, 0.717) is 17.4 Å². The fourth-order valence-corrected chi connectivity index (χ4v) is 3.15. The fraction of sp³-hybridized carbons (Fsp3) is 0.190. The molecule has 0 atom stereocenters. The van der Waals surface area contributed by atoms with Crippen molar-refractivity contribution >= 4 is 16.8 Å². The van der Waals surface area contributed by atoms with E-state index in [4.69, 9.17) is 4.52 Å².